The fourth-order valence-electron chi connectivity index (χ4n) is 1.09. The predicted octanol–water partition coefficient (Wildman–Crippen LogP) is 2.46. The number of rotatable bonds is 6. The Labute approximate surface area is 81.6 Å². The molecule has 0 aromatic carbocycles. The van der Waals surface area contributed by atoms with Crippen molar-refractivity contribution in [1.82, 2.24) is 4.90 Å². The summed E-state index contributed by atoms with van der Waals surface area (Å²) in [6, 6.07) is 0. The maximum atomic E-state index is 11.3. The van der Waals surface area contributed by atoms with Gasteiger partial charge in [0.2, 0.25) is 0 Å². The standard InChI is InChI=1S/C11H21NO/c1-5-12(6-2)8-7-11(13)9-10(3)4/h7-8,10H,5-6,9H2,1-4H3/b8-7+. The van der Waals surface area contributed by atoms with Gasteiger partial charge in [0.05, 0.1) is 0 Å². The van der Waals surface area contributed by atoms with E-state index in [4.69, 9.17) is 0 Å². The van der Waals surface area contributed by atoms with E-state index in [-0.39, 0.29) is 5.78 Å². The lowest BCUT2D eigenvalue weighted by Crippen LogP contribution is -2.16. The molecule has 0 spiro atoms. The average Bonchev–Trinajstić information content (AvgIpc) is 2.05. The first-order valence-electron chi connectivity index (χ1n) is 5.05. The second-order valence-electron chi connectivity index (χ2n) is 3.60. The summed E-state index contributed by atoms with van der Waals surface area (Å²) in [6.07, 6.45) is 4.23. The average molecular weight is 183 g/mol. The molecule has 0 aromatic heterocycles. The van der Waals surface area contributed by atoms with Gasteiger partial charge in [0, 0.05) is 25.7 Å². The zero-order valence-electron chi connectivity index (χ0n) is 9.21. The molecule has 76 valence electrons. The van der Waals surface area contributed by atoms with Crippen molar-refractivity contribution in [1.29, 1.82) is 0 Å². The van der Waals surface area contributed by atoms with Crippen LogP contribution in [-0.4, -0.2) is 23.8 Å². The lowest BCUT2D eigenvalue weighted by Gasteiger charge is -2.14. The molecule has 0 aliphatic carbocycles. The van der Waals surface area contributed by atoms with E-state index in [0.29, 0.717) is 12.3 Å². The predicted molar refractivity (Wildman–Crippen MR) is 56.5 cm³/mol. The van der Waals surface area contributed by atoms with E-state index in [0.717, 1.165) is 13.1 Å². The maximum absolute atomic E-state index is 11.3. The Morgan fingerprint density at radius 3 is 2.23 bits per heavy atom. The zero-order valence-corrected chi connectivity index (χ0v) is 9.21. The molecule has 0 amide bonds. The van der Waals surface area contributed by atoms with Crippen LogP contribution < -0.4 is 0 Å². The van der Waals surface area contributed by atoms with Crippen molar-refractivity contribution < 1.29 is 4.79 Å². The normalized spacial score (nSPS) is 11.2. The van der Waals surface area contributed by atoms with Gasteiger partial charge in [-0.1, -0.05) is 13.8 Å². The van der Waals surface area contributed by atoms with Gasteiger partial charge in [0.15, 0.2) is 5.78 Å². The molecule has 0 N–H and O–H groups in total. The number of nitrogens with zero attached hydrogens (tertiary/aromatic N) is 1. The van der Waals surface area contributed by atoms with Crippen molar-refractivity contribution in [3.8, 4) is 0 Å². The molecule has 13 heavy (non-hydrogen) atoms. The molecular formula is C11H21NO. The Morgan fingerprint density at radius 2 is 1.85 bits per heavy atom. The topological polar surface area (TPSA) is 20.3 Å². The Hall–Kier alpha value is -0.790. The molecular weight excluding hydrogens is 162 g/mol. The highest BCUT2D eigenvalue weighted by Crippen LogP contribution is 2.01. The Balaban J connectivity index is 3.88. The SMILES string of the molecule is CCN(/C=C/C(=O)CC(C)C)CC. The van der Waals surface area contributed by atoms with Gasteiger partial charge in [0.1, 0.15) is 0 Å². The fourth-order valence-corrected chi connectivity index (χ4v) is 1.09. The summed E-state index contributed by atoms with van der Waals surface area (Å²) in [5, 5.41) is 0. The third-order valence-electron chi connectivity index (χ3n) is 1.89. The molecule has 0 fully saturated rings. The van der Waals surface area contributed by atoms with Gasteiger partial charge in [-0.05, 0) is 25.8 Å². The molecule has 0 saturated heterocycles. The summed E-state index contributed by atoms with van der Waals surface area (Å²) in [6.45, 7) is 10.2. The minimum atomic E-state index is 0.224. The molecule has 0 aromatic rings. The molecule has 2 heteroatoms. The van der Waals surface area contributed by atoms with Crippen LogP contribution in [0.15, 0.2) is 12.3 Å². The van der Waals surface area contributed by atoms with Crippen LogP contribution in [-0.2, 0) is 4.79 Å². The number of carbonyl (C=O) groups is 1. The molecule has 0 aliphatic rings. The summed E-state index contributed by atoms with van der Waals surface area (Å²) < 4.78 is 0. The van der Waals surface area contributed by atoms with Gasteiger partial charge in [-0.15, -0.1) is 0 Å². The van der Waals surface area contributed by atoms with E-state index in [9.17, 15) is 4.79 Å². The molecule has 2 nitrogen and oxygen atoms in total. The van der Waals surface area contributed by atoms with Crippen molar-refractivity contribution in [3.63, 3.8) is 0 Å². The highest BCUT2D eigenvalue weighted by molar-refractivity contribution is 5.89. The van der Waals surface area contributed by atoms with E-state index >= 15 is 0 Å². The first-order valence-corrected chi connectivity index (χ1v) is 5.05. The number of ketones is 1. The van der Waals surface area contributed by atoms with Gasteiger partial charge in [-0.25, -0.2) is 0 Å². The van der Waals surface area contributed by atoms with Crippen molar-refractivity contribution >= 4 is 5.78 Å². The largest absolute Gasteiger partial charge is 0.378 e. The zero-order chi connectivity index (χ0) is 10.3. The van der Waals surface area contributed by atoms with Crippen molar-refractivity contribution in [2.24, 2.45) is 5.92 Å². The second kappa shape index (κ2) is 6.70. The van der Waals surface area contributed by atoms with Crippen LogP contribution >= 0.6 is 0 Å². The molecule has 0 aliphatic heterocycles. The van der Waals surface area contributed by atoms with Gasteiger partial charge < -0.3 is 4.90 Å². The Morgan fingerprint density at radius 1 is 1.31 bits per heavy atom. The third-order valence-corrected chi connectivity index (χ3v) is 1.89. The summed E-state index contributed by atoms with van der Waals surface area (Å²) in [5.74, 6) is 0.677. The molecule has 0 saturated carbocycles. The number of hydrogen-bond acceptors (Lipinski definition) is 2. The first kappa shape index (κ1) is 12.2. The summed E-state index contributed by atoms with van der Waals surface area (Å²) in [4.78, 5) is 13.4. The van der Waals surface area contributed by atoms with Gasteiger partial charge in [0.25, 0.3) is 0 Å². The summed E-state index contributed by atoms with van der Waals surface area (Å²) >= 11 is 0. The minimum Gasteiger partial charge on any atom is -0.378 e. The molecule has 0 radical (unpaired) electrons. The number of hydrogen-bond donors (Lipinski definition) is 0. The summed E-state index contributed by atoms with van der Waals surface area (Å²) in [5.41, 5.74) is 0. The van der Waals surface area contributed by atoms with E-state index < -0.39 is 0 Å². The van der Waals surface area contributed by atoms with Gasteiger partial charge in [-0.3, -0.25) is 4.79 Å². The number of allylic oxidation sites excluding steroid dienone is 1. The van der Waals surface area contributed by atoms with E-state index in [1.54, 1.807) is 6.08 Å². The lowest BCUT2D eigenvalue weighted by molar-refractivity contribution is -0.115. The molecule has 0 heterocycles. The van der Waals surface area contributed by atoms with Crippen LogP contribution in [0.5, 0.6) is 0 Å². The lowest BCUT2D eigenvalue weighted by atomic mass is 10.1. The maximum Gasteiger partial charge on any atom is 0.157 e. The van der Waals surface area contributed by atoms with Crippen LogP contribution in [0.4, 0.5) is 0 Å². The van der Waals surface area contributed by atoms with E-state index in [1.165, 1.54) is 0 Å². The highest BCUT2D eigenvalue weighted by Gasteiger charge is 2.00. The van der Waals surface area contributed by atoms with Gasteiger partial charge in [-0.2, -0.15) is 0 Å². The molecule has 0 atom stereocenters. The van der Waals surface area contributed by atoms with Crippen molar-refractivity contribution in [3.05, 3.63) is 12.3 Å². The number of carbonyl (C=O) groups excluding carboxylic acids is 1. The quantitative estimate of drug-likeness (QED) is 0.589. The second-order valence-corrected chi connectivity index (χ2v) is 3.60. The Kier molecular flexibility index (Phi) is 6.29. The van der Waals surface area contributed by atoms with Crippen LogP contribution in [0.3, 0.4) is 0 Å². The smallest absolute Gasteiger partial charge is 0.157 e. The molecule has 0 unspecified atom stereocenters. The van der Waals surface area contributed by atoms with Crippen molar-refractivity contribution in [2.75, 3.05) is 13.1 Å². The summed E-state index contributed by atoms with van der Waals surface area (Å²) in [7, 11) is 0. The highest BCUT2D eigenvalue weighted by atomic mass is 16.1. The Bertz CT molecular complexity index is 169. The van der Waals surface area contributed by atoms with Crippen LogP contribution in [0.25, 0.3) is 0 Å². The van der Waals surface area contributed by atoms with Crippen LogP contribution in [0.2, 0.25) is 0 Å². The third kappa shape index (κ3) is 6.38. The molecule has 0 rings (SSSR count). The van der Waals surface area contributed by atoms with E-state index in [1.807, 2.05) is 6.20 Å². The first-order chi connectivity index (χ1) is 6.10. The molecule has 0 bridgehead atoms. The van der Waals surface area contributed by atoms with Crippen molar-refractivity contribution in [2.45, 2.75) is 34.1 Å². The van der Waals surface area contributed by atoms with Crippen LogP contribution in [0, 0.1) is 5.92 Å². The monoisotopic (exact) mass is 183 g/mol. The van der Waals surface area contributed by atoms with Crippen LogP contribution in [0.1, 0.15) is 34.1 Å². The fraction of sp³-hybridized carbons (Fsp3) is 0.727. The minimum absolute atomic E-state index is 0.224. The van der Waals surface area contributed by atoms with Gasteiger partial charge >= 0.3 is 0 Å². The van der Waals surface area contributed by atoms with E-state index in [2.05, 4.69) is 32.6 Å².